The molecule has 5 nitrogen and oxygen atoms in total. The van der Waals surface area contributed by atoms with Crippen LogP contribution in [0.1, 0.15) is 117 Å². The van der Waals surface area contributed by atoms with E-state index in [1.54, 1.807) is 19.1 Å². The maximum absolute atomic E-state index is 12.5. The Kier molecular flexibility index (Phi) is 14.2. The lowest BCUT2D eigenvalue weighted by Crippen LogP contribution is -2.30. The van der Waals surface area contributed by atoms with Crippen LogP contribution < -0.4 is 4.74 Å². The molecule has 0 amide bonds. The van der Waals surface area contributed by atoms with Gasteiger partial charge in [0.25, 0.3) is 9.05 Å². The third kappa shape index (κ3) is 11.0. The van der Waals surface area contributed by atoms with Crippen molar-refractivity contribution in [2.75, 3.05) is 6.61 Å². The summed E-state index contributed by atoms with van der Waals surface area (Å²) in [5.41, 5.74) is 0.634. The standard InChI is InChI=1S/C27H45ClO5S/c1-6-9-10-11-12-13-14-15-16-17-18-24(26(29)32-8-3)33-23-20-19-22(27(4,5)7-2)21-25(23)34(28,30)31/h19-21,24H,6-18H2,1-5H3. The Morgan fingerprint density at radius 2 is 1.50 bits per heavy atom. The van der Waals surface area contributed by atoms with E-state index in [2.05, 4.69) is 6.92 Å². The number of unbranched alkanes of at least 4 members (excludes halogenated alkanes) is 9. The van der Waals surface area contributed by atoms with Crippen molar-refractivity contribution in [3.63, 3.8) is 0 Å². The van der Waals surface area contributed by atoms with Gasteiger partial charge in [0.1, 0.15) is 10.6 Å². The Bertz CT molecular complexity index is 835. The van der Waals surface area contributed by atoms with Crippen molar-refractivity contribution in [1.29, 1.82) is 0 Å². The number of rotatable bonds is 18. The van der Waals surface area contributed by atoms with Gasteiger partial charge in [0.15, 0.2) is 6.10 Å². The van der Waals surface area contributed by atoms with E-state index in [1.807, 2.05) is 26.8 Å². The number of halogens is 1. The van der Waals surface area contributed by atoms with Gasteiger partial charge in [-0.05, 0) is 49.3 Å². The number of esters is 1. The van der Waals surface area contributed by atoms with Crippen LogP contribution in [0.4, 0.5) is 0 Å². The summed E-state index contributed by atoms with van der Waals surface area (Å²) >= 11 is 0. The highest BCUT2D eigenvalue weighted by Crippen LogP contribution is 2.35. The fraction of sp³-hybridized carbons (Fsp3) is 0.741. The molecule has 7 heteroatoms. The van der Waals surface area contributed by atoms with E-state index < -0.39 is 21.1 Å². The molecular formula is C27H45ClO5S. The second kappa shape index (κ2) is 15.7. The van der Waals surface area contributed by atoms with Crippen molar-refractivity contribution in [2.45, 2.75) is 128 Å². The van der Waals surface area contributed by atoms with Crippen LogP contribution in [0.25, 0.3) is 0 Å². The molecule has 0 N–H and O–H groups in total. The Balaban J connectivity index is 2.79. The average molecular weight is 517 g/mol. The normalized spacial score (nSPS) is 13.0. The molecule has 1 aromatic rings. The summed E-state index contributed by atoms with van der Waals surface area (Å²) in [4.78, 5) is 12.4. The summed E-state index contributed by atoms with van der Waals surface area (Å²) in [6, 6.07) is 5.00. The Morgan fingerprint density at radius 3 is 2.00 bits per heavy atom. The second-order valence-corrected chi connectivity index (χ2v) is 12.2. The molecule has 196 valence electrons. The molecule has 0 aliphatic carbocycles. The molecule has 1 unspecified atom stereocenters. The van der Waals surface area contributed by atoms with Crippen molar-refractivity contribution in [1.82, 2.24) is 0 Å². The Hall–Kier alpha value is -1.27. The zero-order chi connectivity index (χ0) is 25.6. The molecule has 0 heterocycles. The Labute approximate surface area is 212 Å². The summed E-state index contributed by atoms with van der Waals surface area (Å²) in [5.74, 6) is -0.384. The number of carbonyl (C=O) groups is 1. The van der Waals surface area contributed by atoms with Crippen molar-refractivity contribution < 1.29 is 22.7 Å². The van der Waals surface area contributed by atoms with Gasteiger partial charge < -0.3 is 9.47 Å². The van der Waals surface area contributed by atoms with Gasteiger partial charge in [-0.25, -0.2) is 13.2 Å². The van der Waals surface area contributed by atoms with Gasteiger partial charge in [0.2, 0.25) is 0 Å². The first-order chi connectivity index (χ1) is 16.1. The summed E-state index contributed by atoms with van der Waals surface area (Å²) in [7, 11) is 1.69. The number of benzene rings is 1. The van der Waals surface area contributed by atoms with Gasteiger partial charge in [-0.2, -0.15) is 0 Å². The second-order valence-electron chi connectivity index (χ2n) is 9.67. The maximum Gasteiger partial charge on any atom is 0.347 e. The fourth-order valence-corrected chi connectivity index (χ4v) is 4.84. The first kappa shape index (κ1) is 30.8. The molecule has 0 aliphatic heterocycles. The van der Waals surface area contributed by atoms with E-state index in [-0.39, 0.29) is 22.7 Å². The molecule has 0 bridgehead atoms. The van der Waals surface area contributed by atoms with Crippen LogP contribution in [-0.4, -0.2) is 27.1 Å². The van der Waals surface area contributed by atoms with E-state index in [1.165, 1.54) is 44.9 Å². The molecule has 34 heavy (non-hydrogen) atoms. The topological polar surface area (TPSA) is 69.7 Å². The summed E-state index contributed by atoms with van der Waals surface area (Å²) in [6.45, 7) is 10.3. The smallest absolute Gasteiger partial charge is 0.347 e. The molecule has 1 atom stereocenters. The minimum absolute atomic E-state index is 0.0933. The molecule has 0 aliphatic rings. The lowest BCUT2D eigenvalue weighted by atomic mass is 9.82. The van der Waals surface area contributed by atoms with Gasteiger partial charge in [0, 0.05) is 10.7 Å². The number of carbonyl (C=O) groups excluding carboxylic acids is 1. The van der Waals surface area contributed by atoms with Crippen molar-refractivity contribution in [3.05, 3.63) is 23.8 Å². The zero-order valence-electron chi connectivity index (χ0n) is 21.8. The van der Waals surface area contributed by atoms with E-state index >= 15 is 0 Å². The van der Waals surface area contributed by atoms with E-state index in [4.69, 9.17) is 20.2 Å². The van der Waals surface area contributed by atoms with Gasteiger partial charge in [-0.1, -0.05) is 91.5 Å². The quantitative estimate of drug-likeness (QED) is 0.112. The van der Waals surface area contributed by atoms with Crippen LogP contribution in [0, 0.1) is 0 Å². The van der Waals surface area contributed by atoms with Crippen molar-refractivity contribution in [2.24, 2.45) is 0 Å². The van der Waals surface area contributed by atoms with Crippen LogP contribution in [0.2, 0.25) is 0 Å². The molecule has 0 fully saturated rings. The average Bonchev–Trinajstić information content (AvgIpc) is 2.79. The monoisotopic (exact) mass is 516 g/mol. The first-order valence-corrected chi connectivity index (χ1v) is 15.3. The minimum Gasteiger partial charge on any atom is -0.477 e. The molecular weight excluding hydrogens is 472 g/mol. The predicted molar refractivity (Wildman–Crippen MR) is 140 cm³/mol. The van der Waals surface area contributed by atoms with E-state index in [0.29, 0.717) is 6.42 Å². The number of hydrogen-bond acceptors (Lipinski definition) is 5. The van der Waals surface area contributed by atoms with Crippen LogP contribution in [0.5, 0.6) is 5.75 Å². The van der Waals surface area contributed by atoms with Crippen LogP contribution >= 0.6 is 10.7 Å². The highest BCUT2D eigenvalue weighted by atomic mass is 35.7. The predicted octanol–water partition coefficient (Wildman–Crippen LogP) is 7.92. The maximum atomic E-state index is 12.5. The Morgan fingerprint density at radius 1 is 0.941 bits per heavy atom. The SMILES string of the molecule is CCCCCCCCCCCCC(Oc1ccc(C(C)(C)CC)cc1S(=O)(=O)Cl)C(=O)OCC. The molecule has 0 radical (unpaired) electrons. The lowest BCUT2D eigenvalue weighted by molar-refractivity contribution is -0.151. The van der Waals surface area contributed by atoms with Gasteiger partial charge in [-0.15, -0.1) is 0 Å². The molecule has 1 aromatic carbocycles. The zero-order valence-corrected chi connectivity index (χ0v) is 23.4. The third-order valence-electron chi connectivity index (χ3n) is 6.51. The minimum atomic E-state index is -4.06. The van der Waals surface area contributed by atoms with Crippen LogP contribution in [-0.2, 0) is 24.0 Å². The van der Waals surface area contributed by atoms with Crippen LogP contribution in [0.15, 0.2) is 23.1 Å². The van der Waals surface area contributed by atoms with Crippen molar-refractivity contribution >= 4 is 25.7 Å². The molecule has 0 saturated heterocycles. The summed E-state index contributed by atoms with van der Waals surface area (Å²) in [6.07, 6.45) is 12.3. The lowest BCUT2D eigenvalue weighted by Gasteiger charge is -2.25. The summed E-state index contributed by atoms with van der Waals surface area (Å²) in [5, 5.41) is 0. The van der Waals surface area contributed by atoms with E-state index in [9.17, 15) is 13.2 Å². The number of hydrogen-bond donors (Lipinski definition) is 0. The van der Waals surface area contributed by atoms with Crippen LogP contribution in [0.3, 0.4) is 0 Å². The fourth-order valence-electron chi connectivity index (χ4n) is 3.85. The van der Waals surface area contributed by atoms with Gasteiger partial charge in [0.05, 0.1) is 6.61 Å². The molecule has 0 aromatic heterocycles. The first-order valence-electron chi connectivity index (χ1n) is 13.0. The van der Waals surface area contributed by atoms with Gasteiger partial charge in [-0.3, -0.25) is 0 Å². The summed E-state index contributed by atoms with van der Waals surface area (Å²) < 4.78 is 35.7. The molecule has 0 saturated carbocycles. The van der Waals surface area contributed by atoms with Crippen molar-refractivity contribution in [3.8, 4) is 5.75 Å². The largest absolute Gasteiger partial charge is 0.477 e. The number of ether oxygens (including phenoxy) is 2. The third-order valence-corrected chi connectivity index (χ3v) is 7.85. The highest BCUT2D eigenvalue weighted by Gasteiger charge is 2.28. The molecule has 0 spiro atoms. The highest BCUT2D eigenvalue weighted by molar-refractivity contribution is 8.13. The molecule has 1 rings (SSSR count). The van der Waals surface area contributed by atoms with Gasteiger partial charge >= 0.3 is 5.97 Å². The van der Waals surface area contributed by atoms with E-state index in [0.717, 1.165) is 31.2 Å².